The van der Waals surface area contributed by atoms with Gasteiger partial charge in [-0.05, 0) is 30.3 Å². The summed E-state index contributed by atoms with van der Waals surface area (Å²) in [5, 5.41) is 2.83. The van der Waals surface area contributed by atoms with E-state index in [-0.39, 0.29) is 23.1 Å². The molecule has 0 saturated carbocycles. The van der Waals surface area contributed by atoms with Gasteiger partial charge >= 0.3 is 0 Å². The topological polar surface area (TPSA) is 55.7 Å². The van der Waals surface area contributed by atoms with E-state index in [2.05, 4.69) is 40.3 Å². The summed E-state index contributed by atoms with van der Waals surface area (Å²) in [6.07, 6.45) is 2.37. The van der Waals surface area contributed by atoms with Gasteiger partial charge in [0.15, 0.2) is 11.6 Å². The molecule has 24 heavy (non-hydrogen) atoms. The Morgan fingerprint density at radius 1 is 1.38 bits per heavy atom. The summed E-state index contributed by atoms with van der Waals surface area (Å²) >= 11 is 3.19. The number of hydrogen-bond acceptors (Lipinski definition) is 3. The summed E-state index contributed by atoms with van der Waals surface area (Å²) in [6, 6.07) is 7.68. The van der Waals surface area contributed by atoms with Crippen LogP contribution >= 0.6 is 15.9 Å². The van der Waals surface area contributed by atoms with E-state index >= 15 is 0 Å². The minimum Gasteiger partial charge on any atom is -0.435 e. The zero-order valence-electron chi connectivity index (χ0n) is 13.6. The highest BCUT2D eigenvalue weighted by Crippen LogP contribution is 2.27. The van der Waals surface area contributed by atoms with E-state index in [1.165, 1.54) is 23.2 Å². The first kappa shape index (κ1) is 18.4. The van der Waals surface area contributed by atoms with Crippen LogP contribution in [0.1, 0.15) is 16.8 Å². The maximum atomic E-state index is 13.9. The number of carbonyl (C=O) groups excluding carboxylic acids is 1. The van der Waals surface area contributed by atoms with Crippen LogP contribution in [0.15, 0.2) is 41.0 Å². The van der Waals surface area contributed by atoms with Gasteiger partial charge in [0.2, 0.25) is 5.88 Å². The van der Waals surface area contributed by atoms with Crippen molar-refractivity contribution in [2.75, 3.05) is 27.2 Å². The lowest BCUT2D eigenvalue weighted by molar-refractivity contribution is -0.858. The lowest BCUT2D eigenvalue weighted by atomic mass is 10.2. The van der Waals surface area contributed by atoms with Gasteiger partial charge in [-0.15, -0.1) is 0 Å². The number of carbonyl (C=O) groups is 1. The fraction of sp³-hybridized carbons (Fsp3) is 0.294. The maximum Gasteiger partial charge on any atom is 0.256 e. The molecule has 0 aliphatic heterocycles. The van der Waals surface area contributed by atoms with Gasteiger partial charge in [-0.3, -0.25) is 4.79 Å². The lowest BCUT2D eigenvalue weighted by Crippen LogP contribution is -3.05. The quantitative estimate of drug-likeness (QED) is 0.704. The highest BCUT2D eigenvalue weighted by atomic mass is 79.9. The van der Waals surface area contributed by atoms with Crippen LogP contribution in [0.4, 0.5) is 4.39 Å². The number of halogens is 2. The average Bonchev–Trinajstić information content (AvgIpc) is 2.54. The molecule has 0 bridgehead atoms. The van der Waals surface area contributed by atoms with Crippen LogP contribution in [0.25, 0.3) is 0 Å². The molecule has 0 saturated heterocycles. The predicted octanol–water partition coefficient (Wildman–Crippen LogP) is 2.04. The van der Waals surface area contributed by atoms with Crippen LogP contribution in [-0.2, 0) is 0 Å². The van der Waals surface area contributed by atoms with E-state index in [1.807, 2.05) is 0 Å². The lowest BCUT2D eigenvalue weighted by Gasteiger charge is -2.11. The summed E-state index contributed by atoms with van der Waals surface area (Å²) in [5.74, 6) is -0.726. The molecule has 1 aromatic heterocycles. The van der Waals surface area contributed by atoms with Crippen molar-refractivity contribution in [1.29, 1.82) is 0 Å². The molecule has 0 aliphatic rings. The number of nitrogens with zero attached hydrogens (tertiary/aromatic N) is 1. The zero-order valence-corrected chi connectivity index (χ0v) is 15.2. The Morgan fingerprint density at radius 2 is 2.17 bits per heavy atom. The molecule has 0 atom stereocenters. The highest BCUT2D eigenvalue weighted by molar-refractivity contribution is 9.10. The molecule has 0 aliphatic carbocycles. The van der Waals surface area contributed by atoms with Gasteiger partial charge in [0, 0.05) is 23.6 Å². The van der Waals surface area contributed by atoms with Crippen molar-refractivity contribution >= 4 is 21.8 Å². The van der Waals surface area contributed by atoms with Crippen molar-refractivity contribution in [2.45, 2.75) is 6.42 Å². The first-order chi connectivity index (χ1) is 11.5. The summed E-state index contributed by atoms with van der Waals surface area (Å²) in [4.78, 5) is 17.7. The van der Waals surface area contributed by atoms with Gasteiger partial charge in [0.25, 0.3) is 5.91 Å². The van der Waals surface area contributed by atoms with Crippen molar-refractivity contribution < 1.29 is 18.8 Å². The highest BCUT2D eigenvalue weighted by Gasteiger charge is 2.15. The molecule has 0 radical (unpaired) electrons. The Kier molecular flexibility index (Phi) is 6.69. The molecule has 0 fully saturated rings. The number of hydrogen-bond donors (Lipinski definition) is 2. The van der Waals surface area contributed by atoms with Crippen LogP contribution in [0.3, 0.4) is 0 Å². The van der Waals surface area contributed by atoms with Crippen LogP contribution < -0.4 is 15.0 Å². The molecule has 1 amide bonds. The molecule has 1 aromatic carbocycles. The van der Waals surface area contributed by atoms with Gasteiger partial charge in [0.05, 0.1) is 20.6 Å². The maximum absolute atomic E-state index is 13.9. The molecule has 7 heteroatoms. The van der Waals surface area contributed by atoms with Crippen LogP contribution in [-0.4, -0.2) is 38.1 Å². The fourth-order valence-electron chi connectivity index (χ4n) is 2.05. The Morgan fingerprint density at radius 3 is 2.88 bits per heavy atom. The number of rotatable bonds is 7. The van der Waals surface area contributed by atoms with E-state index in [0.29, 0.717) is 11.0 Å². The molecule has 0 unspecified atom stereocenters. The van der Waals surface area contributed by atoms with Gasteiger partial charge < -0.3 is 15.0 Å². The molecule has 1 heterocycles. The Balaban J connectivity index is 2.08. The van der Waals surface area contributed by atoms with Gasteiger partial charge in [0.1, 0.15) is 5.56 Å². The minimum absolute atomic E-state index is 0.0159. The van der Waals surface area contributed by atoms with Gasteiger partial charge in [-0.1, -0.05) is 15.9 Å². The van der Waals surface area contributed by atoms with E-state index in [1.54, 1.807) is 18.2 Å². The second kappa shape index (κ2) is 8.75. The molecule has 2 aromatic rings. The molecule has 2 N–H and O–H groups in total. The van der Waals surface area contributed by atoms with Crippen molar-refractivity contribution in [3.63, 3.8) is 0 Å². The van der Waals surface area contributed by atoms with E-state index in [0.717, 1.165) is 13.0 Å². The van der Waals surface area contributed by atoms with Crippen LogP contribution in [0.2, 0.25) is 0 Å². The standard InChI is InChI=1S/C17H19BrFN3O2/c1-22(2)10-4-9-20-16(23)13-5-3-8-21-17(13)24-15-7-6-12(18)11-14(15)19/h3,5-8,11H,4,9-10H2,1-2H3,(H,20,23)/p+1. The summed E-state index contributed by atoms with van der Waals surface area (Å²) in [5.41, 5.74) is 0.275. The SMILES string of the molecule is C[NH+](C)CCCNC(=O)c1cccnc1Oc1ccc(Br)cc1F. The molecule has 128 valence electrons. The second-order valence-electron chi connectivity index (χ2n) is 5.60. The summed E-state index contributed by atoms with van der Waals surface area (Å²) < 4.78 is 20.0. The predicted molar refractivity (Wildman–Crippen MR) is 93.0 cm³/mol. The Labute approximate surface area is 149 Å². The third kappa shape index (κ3) is 5.28. The zero-order chi connectivity index (χ0) is 17.5. The molecule has 5 nitrogen and oxygen atoms in total. The smallest absolute Gasteiger partial charge is 0.256 e. The van der Waals surface area contributed by atoms with Crippen LogP contribution in [0.5, 0.6) is 11.6 Å². The molecular formula is C17H20BrFN3O2+. The normalized spacial score (nSPS) is 10.7. The number of quaternary nitrogens is 1. The van der Waals surface area contributed by atoms with E-state index in [4.69, 9.17) is 4.74 Å². The van der Waals surface area contributed by atoms with Crippen molar-refractivity contribution in [2.24, 2.45) is 0 Å². The van der Waals surface area contributed by atoms with E-state index in [9.17, 15) is 9.18 Å². The average molecular weight is 397 g/mol. The van der Waals surface area contributed by atoms with Crippen molar-refractivity contribution in [3.8, 4) is 11.6 Å². The van der Waals surface area contributed by atoms with E-state index < -0.39 is 5.82 Å². The monoisotopic (exact) mass is 396 g/mol. The van der Waals surface area contributed by atoms with Gasteiger partial charge in [-0.2, -0.15) is 0 Å². The molecule has 0 spiro atoms. The Hall–Kier alpha value is -1.99. The minimum atomic E-state index is -0.532. The summed E-state index contributed by atoms with van der Waals surface area (Å²) in [7, 11) is 4.11. The first-order valence-corrected chi connectivity index (χ1v) is 8.42. The summed E-state index contributed by atoms with van der Waals surface area (Å²) in [6.45, 7) is 1.52. The van der Waals surface area contributed by atoms with Crippen molar-refractivity contribution in [3.05, 3.63) is 52.4 Å². The number of nitrogens with one attached hydrogen (secondary N) is 2. The molecular weight excluding hydrogens is 377 g/mol. The first-order valence-electron chi connectivity index (χ1n) is 7.62. The number of aromatic nitrogens is 1. The number of pyridine rings is 1. The number of benzene rings is 1. The molecule has 2 rings (SSSR count). The Bertz CT molecular complexity index is 710. The largest absolute Gasteiger partial charge is 0.435 e. The third-order valence-electron chi connectivity index (χ3n) is 3.26. The third-order valence-corrected chi connectivity index (χ3v) is 3.75. The number of amides is 1. The van der Waals surface area contributed by atoms with Crippen LogP contribution in [0, 0.1) is 5.82 Å². The number of ether oxygens (including phenoxy) is 1. The fourth-order valence-corrected chi connectivity index (χ4v) is 2.38. The van der Waals surface area contributed by atoms with Gasteiger partial charge in [-0.25, -0.2) is 9.37 Å². The van der Waals surface area contributed by atoms with Crippen molar-refractivity contribution in [1.82, 2.24) is 10.3 Å². The second-order valence-corrected chi connectivity index (χ2v) is 6.52.